The molecule has 0 radical (unpaired) electrons. The summed E-state index contributed by atoms with van der Waals surface area (Å²) >= 11 is 0. The first-order chi connectivity index (χ1) is 5.63. The topological polar surface area (TPSA) is 70.7 Å². The van der Waals surface area contributed by atoms with Crippen LogP contribution in [0.2, 0.25) is 0 Å². The molecule has 0 spiro atoms. The van der Waals surface area contributed by atoms with Crippen LogP contribution in [0.15, 0.2) is 23.0 Å². The number of hydrogen-bond donors (Lipinski definition) is 2. The molecule has 0 aliphatic heterocycles. The molecule has 1 aromatic heterocycles. The maximum atomic E-state index is 10.4. The molecule has 0 aromatic carbocycles. The zero-order valence-electron chi connectivity index (χ0n) is 6.60. The van der Waals surface area contributed by atoms with E-state index in [0.29, 0.717) is 5.56 Å². The van der Waals surface area contributed by atoms with E-state index in [1.807, 2.05) is 0 Å². The van der Waals surface area contributed by atoms with Gasteiger partial charge >= 0.3 is 5.97 Å². The van der Waals surface area contributed by atoms with E-state index >= 15 is 0 Å². The standard InChI is InChI=1S/C8H10O4/c1-5(8(10)11)7(9)6-2-3-12-4-6/h2-5,7,9H,1H3,(H,10,11). The molecule has 2 unspecified atom stereocenters. The number of rotatable bonds is 3. The van der Waals surface area contributed by atoms with Gasteiger partial charge in [0.15, 0.2) is 0 Å². The lowest BCUT2D eigenvalue weighted by Crippen LogP contribution is -2.18. The van der Waals surface area contributed by atoms with Crippen molar-refractivity contribution in [2.24, 2.45) is 5.92 Å². The summed E-state index contributed by atoms with van der Waals surface area (Å²) in [5.74, 6) is -1.84. The Balaban J connectivity index is 2.71. The second-order valence-corrected chi connectivity index (χ2v) is 2.63. The lowest BCUT2D eigenvalue weighted by molar-refractivity contribution is -0.145. The van der Waals surface area contributed by atoms with Crippen molar-refractivity contribution in [2.45, 2.75) is 13.0 Å². The number of aliphatic hydroxyl groups excluding tert-OH is 1. The highest BCUT2D eigenvalue weighted by molar-refractivity contribution is 5.70. The van der Waals surface area contributed by atoms with Crippen LogP contribution in [0.25, 0.3) is 0 Å². The van der Waals surface area contributed by atoms with Gasteiger partial charge in [0.1, 0.15) is 0 Å². The zero-order chi connectivity index (χ0) is 9.14. The van der Waals surface area contributed by atoms with Crippen molar-refractivity contribution in [3.8, 4) is 0 Å². The van der Waals surface area contributed by atoms with E-state index in [2.05, 4.69) is 0 Å². The zero-order valence-corrected chi connectivity index (χ0v) is 6.60. The van der Waals surface area contributed by atoms with Gasteiger partial charge in [-0.25, -0.2) is 0 Å². The van der Waals surface area contributed by atoms with Gasteiger partial charge in [0.25, 0.3) is 0 Å². The predicted molar refractivity (Wildman–Crippen MR) is 40.5 cm³/mol. The Morgan fingerprint density at radius 2 is 2.33 bits per heavy atom. The van der Waals surface area contributed by atoms with Crippen molar-refractivity contribution >= 4 is 5.97 Å². The third-order valence-corrected chi connectivity index (χ3v) is 1.75. The molecule has 0 fully saturated rings. The van der Waals surface area contributed by atoms with Crippen molar-refractivity contribution in [1.82, 2.24) is 0 Å². The summed E-state index contributed by atoms with van der Waals surface area (Å²) in [5, 5.41) is 18.0. The van der Waals surface area contributed by atoms with Crippen molar-refractivity contribution in [1.29, 1.82) is 0 Å². The first-order valence-electron chi connectivity index (χ1n) is 3.56. The molecule has 4 heteroatoms. The van der Waals surface area contributed by atoms with Gasteiger partial charge in [-0.05, 0) is 13.0 Å². The minimum absolute atomic E-state index is 0.491. The summed E-state index contributed by atoms with van der Waals surface area (Å²) in [5.41, 5.74) is 0.491. The van der Waals surface area contributed by atoms with Crippen LogP contribution in [0.1, 0.15) is 18.6 Å². The van der Waals surface area contributed by atoms with Gasteiger partial charge in [-0.1, -0.05) is 0 Å². The van der Waals surface area contributed by atoms with Crippen molar-refractivity contribution in [3.05, 3.63) is 24.2 Å². The number of carboxylic acid groups (broad SMARTS) is 1. The van der Waals surface area contributed by atoms with E-state index < -0.39 is 18.0 Å². The van der Waals surface area contributed by atoms with Crippen LogP contribution < -0.4 is 0 Å². The fourth-order valence-electron chi connectivity index (χ4n) is 0.867. The number of hydrogen-bond acceptors (Lipinski definition) is 3. The molecular weight excluding hydrogens is 160 g/mol. The predicted octanol–water partition coefficient (Wildman–Crippen LogP) is 1.03. The molecule has 0 aliphatic carbocycles. The molecule has 0 saturated heterocycles. The van der Waals surface area contributed by atoms with Gasteiger partial charge < -0.3 is 14.6 Å². The van der Waals surface area contributed by atoms with E-state index in [4.69, 9.17) is 9.52 Å². The van der Waals surface area contributed by atoms with E-state index in [-0.39, 0.29) is 0 Å². The summed E-state index contributed by atoms with van der Waals surface area (Å²) in [7, 11) is 0. The van der Waals surface area contributed by atoms with E-state index in [9.17, 15) is 9.90 Å². The van der Waals surface area contributed by atoms with E-state index in [1.54, 1.807) is 6.07 Å². The van der Waals surface area contributed by atoms with Crippen molar-refractivity contribution in [2.75, 3.05) is 0 Å². The molecule has 12 heavy (non-hydrogen) atoms. The summed E-state index contributed by atoms with van der Waals surface area (Å²) in [4.78, 5) is 10.4. The number of carbonyl (C=O) groups is 1. The maximum absolute atomic E-state index is 10.4. The molecule has 4 nitrogen and oxygen atoms in total. The molecule has 1 aromatic rings. The monoisotopic (exact) mass is 170 g/mol. The molecule has 66 valence electrons. The normalized spacial score (nSPS) is 15.5. The minimum atomic E-state index is -1.02. The molecule has 0 saturated carbocycles. The Morgan fingerprint density at radius 3 is 2.75 bits per heavy atom. The van der Waals surface area contributed by atoms with E-state index in [0.717, 1.165) is 0 Å². The van der Waals surface area contributed by atoms with Crippen LogP contribution >= 0.6 is 0 Å². The molecule has 2 atom stereocenters. The summed E-state index contributed by atoms with van der Waals surface area (Å²) in [6.45, 7) is 1.44. The number of aliphatic carboxylic acids is 1. The smallest absolute Gasteiger partial charge is 0.309 e. The summed E-state index contributed by atoms with van der Waals surface area (Å²) in [6.07, 6.45) is 1.73. The second kappa shape index (κ2) is 3.40. The first kappa shape index (κ1) is 8.80. The summed E-state index contributed by atoms with van der Waals surface area (Å²) in [6, 6.07) is 1.55. The Kier molecular flexibility index (Phi) is 2.50. The average Bonchev–Trinajstić information content (AvgIpc) is 2.53. The minimum Gasteiger partial charge on any atom is -0.481 e. The molecule has 0 amide bonds. The molecule has 2 N–H and O–H groups in total. The van der Waals surface area contributed by atoms with Crippen molar-refractivity contribution < 1.29 is 19.4 Å². The fraction of sp³-hybridized carbons (Fsp3) is 0.375. The average molecular weight is 170 g/mol. The molecule has 1 heterocycles. The fourth-order valence-corrected chi connectivity index (χ4v) is 0.867. The van der Waals surface area contributed by atoms with Crippen LogP contribution in [0.4, 0.5) is 0 Å². The Labute approximate surface area is 69.4 Å². The Hall–Kier alpha value is -1.29. The first-order valence-corrected chi connectivity index (χ1v) is 3.56. The number of aliphatic hydroxyl groups is 1. The van der Waals surface area contributed by atoms with Gasteiger partial charge in [-0.2, -0.15) is 0 Å². The van der Waals surface area contributed by atoms with Gasteiger partial charge in [-0.3, -0.25) is 4.79 Å². The second-order valence-electron chi connectivity index (χ2n) is 2.63. The van der Waals surface area contributed by atoms with Gasteiger partial charge in [-0.15, -0.1) is 0 Å². The third kappa shape index (κ3) is 1.65. The lowest BCUT2D eigenvalue weighted by Gasteiger charge is -2.11. The van der Waals surface area contributed by atoms with Gasteiger partial charge in [0.2, 0.25) is 0 Å². The van der Waals surface area contributed by atoms with Crippen molar-refractivity contribution in [3.63, 3.8) is 0 Å². The Morgan fingerprint density at radius 1 is 1.67 bits per heavy atom. The highest BCUT2D eigenvalue weighted by atomic mass is 16.4. The Bertz CT molecular complexity index is 252. The molecule has 0 bridgehead atoms. The van der Waals surface area contributed by atoms with Crippen LogP contribution in [0.3, 0.4) is 0 Å². The SMILES string of the molecule is CC(C(=O)O)C(O)c1ccoc1. The molecule has 1 rings (SSSR count). The largest absolute Gasteiger partial charge is 0.481 e. The summed E-state index contributed by atoms with van der Waals surface area (Å²) < 4.78 is 4.71. The van der Waals surface area contributed by atoms with Gasteiger partial charge in [0, 0.05) is 5.56 Å². The van der Waals surface area contributed by atoms with Crippen LogP contribution in [-0.2, 0) is 4.79 Å². The number of carboxylic acids is 1. The quantitative estimate of drug-likeness (QED) is 0.710. The van der Waals surface area contributed by atoms with Crippen LogP contribution in [-0.4, -0.2) is 16.2 Å². The van der Waals surface area contributed by atoms with Gasteiger partial charge in [0.05, 0.1) is 24.5 Å². The highest BCUT2D eigenvalue weighted by Gasteiger charge is 2.23. The van der Waals surface area contributed by atoms with Crippen LogP contribution in [0, 0.1) is 5.92 Å². The lowest BCUT2D eigenvalue weighted by atomic mass is 10.0. The maximum Gasteiger partial charge on any atom is 0.309 e. The molecular formula is C8H10O4. The highest BCUT2D eigenvalue weighted by Crippen LogP contribution is 2.21. The van der Waals surface area contributed by atoms with E-state index in [1.165, 1.54) is 19.5 Å². The number of furan rings is 1. The molecule has 0 aliphatic rings. The third-order valence-electron chi connectivity index (χ3n) is 1.75. The van der Waals surface area contributed by atoms with Crippen LogP contribution in [0.5, 0.6) is 0 Å².